The van der Waals surface area contributed by atoms with Gasteiger partial charge in [0, 0.05) is 11.8 Å². The molecule has 122 valence electrons. The molecule has 0 aliphatic carbocycles. The molecule has 3 rings (SSSR count). The average molecular weight is 342 g/mol. The summed E-state index contributed by atoms with van der Waals surface area (Å²) in [5.74, 6) is -0.345. The van der Waals surface area contributed by atoms with Crippen molar-refractivity contribution in [1.82, 2.24) is 14.8 Å². The summed E-state index contributed by atoms with van der Waals surface area (Å²) in [4.78, 5) is 16.5. The van der Waals surface area contributed by atoms with E-state index in [1.165, 1.54) is 36.9 Å². The van der Waals surface area contributed by atoms with Crippen LogP contribution in [0.1, 0.15) is 10.4 Å². The topological polar surface area (TPSA) is 94.0 Å². The van der Waals surface area contributed by atoms with Gasteiger partial charge in [0.15, 0.2) is 9.84 Å². The number of hydrogen-bond donors (Lipinski definition) is 1. The fraction of sp³-hybridized carbons (Fsp3) is 0.0625. The first kappa shape index (κ1) is 15.9. The number of sulfone groups is 1. The number of amides is 1. The monoisotopic (exact) mass is 342 g/mol. The lowest BCUT2D eigenvalue weighted by molar-refractivity contribution is 0.102. The van der Waals surface area contributed by atoms with E-state index in [2.05, 4.69) is 15.4 Å². The van der Waals surface area contributed by atoms with Crippen molar-refractivity contribution in [1.29, 1.82) is 0 Å². The smallest absolute Gasteiger partial charge is 0.255 e. The molecule has 1 N–H and O–H groups in total. The fourth-order valence-corrected chi connectivity index (χ4v) is 2.79. The van der Waals surface area contributed by atoms with Crippen LogP contribution in [0, 0.1) is 0 Å². The highest BCUT2D eigenvalue weighted by molar-refractivity contribution is 7.90. The Morgan fingerprint density at radius 3 is 2.42 bits per heavy atom. The van der Waals surface area contributed by atoms with Crippen LogP contribution in [0.4, 0.5) is 5.69 Å². The molecule has 8 heteroatoms. The molecule has 0 spiro atoms. The summed E-state index contributed by atoms with van der Waals surface area (Å²) in [5, 5.41) is 6.85. The van der Waals surface area contributed by atoms with Crippen LogP contribution in [0.15, 0.2) is 66.1 Å². The van der Waals surface area contributed by atoms with Crippen molar-refractivity contribution in [3.8, 4) is 5.69 Å². The van der Waals surface area contributed by atoms with Gasteiger partial charge in [-0.3, -0.25) is 4.79 Å². The summed E-state index contributed by atoms with van der Waals surface area (Å²) in [6.07, 6.45) is 4.06. The number of para-hydroxylation sites is 2. The van der Waals surface area contributed by atoms with E-state index in [9.17, 15) is 13.2 Å². The van der Waals surface area contributed by atoms with Gasteiger partial charge in [0.1, 0.15) is 12.7 Å². The largest absolute Gasteiger partial charge is 0.320 e. The van der Waals surface area contributed by atoms with Gasteiger partial charge >= 0.3 is 0 Å². The molecule has 0 saturated carbocycles. The normalized spacial score (nSPS) is 11.2. The highest BCUT2D eigenvalue weighted by Crippen LogP contribution is 2.20. The lowest BCUT2D eigenvalue weighted by atomic mass is 10.2. The number of aromatic nitrogens is 3. The van der Waals surface area contributed by atoms with Crippen LogP contribution in [-0.2, 0) is 9.84 Å². The Hall–Kier alpha value is -3.00. The van der Waals surface area contributed by atoms with Crippen LogP contribution in [0.5, 0.6) is 0 Å². The van der Waals surface area contributed by atoms with Crippen LogP contribution in [0.2, 0.25) is 0 Å². The molecule has 0 atom stereocenters. The zero-order chi connectivity index (χ0) is 17.2. The molecule has 0 saturated heterocycles. The molecule has 0 aliphatic rings. The number of carbonyl (C=O) groups is 1. The van der Waals surface area contributed by atoms with E-state index in [1.54, 1.807) is 22.9 Å². The quantitative estimate of drug-likeness (QED) is 0.782. The zero-order valence-electron chi connectivity index (χ0n) is 12.7. The molecule has 0 aliphatic heterocycles. The van der Waals surface area contributed by atoms with Crippen LogP contribution in [0.3, 0.4) is 0 Å². The SMILES string of the molecule is CS(=O)(=O)c1ccc(C(=O)Nc2ccccc2-n2cncn2)cc1. The summed E-state index contributed by atoms with van der Waals surface area (Å²) in [5.41, 5.74) is 1.60. The van der Waals surface area contributed by atoms with Gasteiger partial charge in [0.2, 0.25) is 0 Å². The first-order valence-electron chi connectivity index (χ1n) is 7.00. The maximum absolute atomic E-state index is 12.4. The van der Waals surface area contributed by atoms with Gasteiger partial charge < -0.3 is 5.32 Å². The van der Waals surface area contributed by atoms with Gasteiger partial charge in [0.25, 0.3) is 5.91 Å². The number of nitrogens with zero attached hydrogens (tertiary/aromatic N) is 3. The first-order chi connectivity index (χ1) is 11.4. The van der Waals surface area contributed by atoms with Crippen molar-refractivity contribution in [2.75, 3.05) is 11.6 Å². The molecule has 0 bridgehead atoms. The van der Waals surface area contributed by atoms with E-state index in [0.29, 0.717) is 16.9 Å². The highest BCUT2D eigenvalue weighted by atomic mass is 32.2. The number of benzene rings is 2. The summed E-state index contributed by atoms with van der Waals surface area (Å²) in [6.45, 7) is 0. The maximum atomic E-state index is 12.4. The Bertz CT molecular complexity index is 965. The lowest BCUT2D eigenvalue weighted by Crippen LogP contribution is -2.14. The van der Waals surface area contributed by atoms with Gasteiger partial charge in [0.05, 0.1) is 16.3 Å². The van der Waals surface area contributed by atoms with Crippen LogP contribution >= 0.6 is 0 Å². The number of anilines is 1. The Kier molecular flexibility index (Phi) is 4.13. The van der Waals surface area contributed by atoms with Crippen LogP contribution in [0.25, 0.3) is 5.69 Å². The Labute approximate surface area is 138 Å². The number of hydrogen-bond acceptors (Lipinski definition) is 5. The molecule has 2 aromatic carbocycles. The lowest BCUT2D eigenvalue weighted by Gasteiger charge is -2.10. The van der Waals surface area contributed by atoms with E-state index < -0.39 is 9.84 Å². The molecule has 24 heavy (non-hydrogen) atoms. The third-order valence-electron chi connectivity index (χ3n) is 3.36. The highest BCUT2D eigenvalue weighted by Gasteiger charge is 2.12. The standard InChI is InChI=1S/C16H14N4O3S/c1-24(22,23)13-8-6-12(7-9-13)16(21)19-14-4-2-3-5-15(14)20-11-17-10-18-20/h2-11H,1H3,(H,19,21). The van der Waals surface area contributed by atoms with Gasteiger partial charge in [-0.25, -0.2) is 18.1 Å². The second-order valence-electron chi connectivity index (χ2n) is 5.11. The summed E-state index contributed by atoms with van der Waals surface area (Å²) >= 11 is 0. The van der Waals surface area contributed by atoms with E-state index >= 15 is 0 Å². The van der Waals surface area contributed by atoms with Gasteiger partial charge in [-0.2, -0.15) is 5.10 Å². The third kappa shape index (κ3) is 3.33. The molecule has 7 nitrogen and oxygen atoms in total. The van der Waals surface area contributed by atoms with Crippen LogP contribution in [-0.4, -0.2) is 35.3 Å². The molecule has 1 heterocycles. The van der Waals surface area contributed by atoms with Gasteiger partial charge in [-0.15, -0.1) is 0 Å². The minimum Gasteiger partial charge on any atom is -0.320 e. The molecule has 0 radical (unpaired) electrons. The van der Waals surface area contributed by atoms with Crippen molar-refractivity contribution in [2.45, 2.75) is 4.90 Å². The van der Waals surface area contributed by atoms with E-state index in [4.69, 9.17) is 0 Å². The molecular formula is C16H14N4O3S. The average Bonchev–Trinajstić information content (AvgIpc) is 3.09. The Balaban J connectivity index is 1.86. The van der Waals surface area contributed by atoms with Crippen molar-refractivity contribution in [2.24, 2.45) is 0 Å². The molecule has 0 fully saturated rings. The molecule has 1 aromatic heterocycles. The Morgan fingerprint density at radius 1 is 1.08 bits per heavy atom. The number of rotatable bonds is 4. The predicted octanol–water partition coefficient (Wildman–Crippen LogP) is 1.92. The van der Waals surface area contributed by atoms with E-state index in [0.717, 1.165) is 6.26 Å². The molecular weight excluding hydrogens is 328 g/mol. The minimum absolute atomic E-state index is 0.169. The maximum Gasteiger partial charge on any atom is 0.255 e. The number of nitrogens with one attached hydrogen (secondary N) is 1. The summed E-state index contributed by atoms with van der Waals surface area (Å²) in [6, 6.07) is 12.9. The van der Waals surface area contributed by atoms with E-state index in [1.807, 2.05) is 6.07 Å². The first-order valence-corrected chi connectivity index (χ1v) is 8.90. The van der Waals surface area contributed by atoms with Gasteiger partial charge in [-0.05, 0) is 36.4 Å². The minimum atomic E-state index is -3.29. The van der Waals surface area contributed by atoms with Crippen molar-refractivity contribution >= 4 is 21.4 Å². The van der Waals surface area contributed by atoms with Crippen molar-refractivity contribution in [3.05, 3.63) is 66.7 Å². The zero-order valence-corrected chi connectivity index (χ0v) is 13.6. The number of carbonyl (C=O) groups excluding carboxylic acids is 1. The third-order valence-corrected chi connectivity index (χ3v) is 4.49. The van der Waals surface area contributed by atoms with Crippen molar-refractivity contribution < 1.29 is 13.2 Å². The van der Waals surface area contributed by atoms with E-state index in [-0.39, 0.29) is 10.8 Å². The van der Waals surface area contributed by atoms with Gasteiger partial charge in [-0.1, -0.05) is 12.1 Å². The molecule has 0 unspecified atom stereocenters. The molecule has 3 aromatic rings. The Morgan fingerprint density at radius 2 is 1.79 bits per heavy atom. The molecule has 1 amide bonds. The summed E-state index contributed by atoms with van der Waals surface area (Å²) < 4.78 is 24.5. The second-order valence-corrected chi connectivity index (χ2v) is 7.12. The predicted molar refractivity (Wildman–Crippen MR) is 88.9 cm³/mol. The fourth-order valence-electron chi connectivity index (χ4n) is 2.16. The van der Waals surface area contributed by atoms with Crippen LogP contribution < -0.4 is 5.32 Å². The second kappa shape index (κ2) is 6.25. The van der Waals surface area contributed by atoms with Crippen molar-refractivity contribution in [3.63, 3.8) is 0 Å². The summed E-state index contributed by atoms with van der Waals surface area (Å²) in [7, 11) is -3.29.